The monoisotopic (exact) mass is 292 g/mol. The first-order valence-electron chi connectivity index (χ1n) is 5.93. The van der Waals surface area contributed by atoms with Gasteiger partial charge in [-0.15, -0.1) is 0 Å². The van der Waals surface area contributed by atoms with E-state index in [9.17, 15) is 0 Å². The van der Waals surface area contributed by atoms with Crippen molar-refractivity contribution >= 4 is 15.9 Å². The van der Waals surface area contributed by atoms with Gasteiger partial charge in [-0.3, -0.25) is 0 Å². The normalized spacial score (nSPS) is 16.8. The van der Waals surface area contributed by atoms with Crippen LogP contribution in [0.3, 0.4) is 0 Å². The Morgan fingerprint density at radius 1 is 1.35 bits per heavy atom. The molecule has 2 nitrogen and oxygen atoms in total. The standard InChI is InChI=1S/C14H17BrN2/c1-17(11-14(6-7-14)8-9-16)10-12-2-4-13(15)5-3-12/h2-5H,6-8,10-11H2,1H3. The lowest BCUT2D eigenvalue weighted by molar-refractivity contribution is 0.257. The summed E-state index contributed by atoms with van der Waals surface area (Å²) >= 11 is 3.44. The number of benzene rings is 1. The van der Waals surface area contributed by atoms with Crippen molar-refractivity contribution in [1.29, 1.82) is 5.26 Å². The van der Waals surface area contributed by atoms with Gasteiger partial charge in [0.2, 0.25) is 0 Å². The summed E-state index contributed by atoms with van der Waals surface area (Å²) in [5.41, 5.74) is 1.63. The third-order valence-corrected chi connectivity index (χ3v) is 3.91. The third-order valence-electron chi connectivity index (χ3n) is 3.38. The van der Waals surface area contributed by atoms with Gasteiger partial charge in [0, 0.05) is 24.0 Å². The van der Waals surface area contributed by atoms with Crippen molar-refractivity contribution in [3.63, 3.8) is 0 Å². The molecule has 1 aromatic rings. The van der Waals surface area contributed by atoms with Crippen molar-refractivity contribution < 1.29 is 0 Å². The van der Waals surface area contributed by atoms with Gasteiger partial charge in [0.05, 0.1) is 6.07 Å². The molecule has 1 saturated carbocycles. The highest BCUT2D eigenvalue weighted by atomic mass is 79.9. The van der Waals surface area contributed by atoms with Crippen molar-refractivity contribution in [3.8, 4) is 6.07 Å². The summed E-state index contributed by atoms with van der Waals surface area (Å²) < 4.78 is 1.12. The molecule has 90 valence electrons. The molecule has 0 atom stereocenters. The predicted molar refractivity (Wildman–Crippen MR) is 72.4 cm³/mol. The van der Waals surface area contributed by atoms with Crippen molar-refractivity contribution in [2.24, 2.45) is 5.41 Å². The van der Waals surface area contributed by atoms with E-state index in [4.69, 9.17) is 5.26 Å². The van der Waals surface area contributed by atoms with E-state index in [1.807, 2.05) is 0 Å². The highest BCUT2D eigenvalue weighted by Crippen LogP contribution is 2.49. The molecular formula is C14H17BrN2. The Morgan fingerprint density at radius 2 is 2.00 bits per heavy atom. The van der Waals surface area contributed by atoms with Gasteiger partial charge in [-0.05, 0) is 43.0 Å². The van der Waals surface area contributed by atoms with Crippen molar-refractivity contribution in [1.82, 2.24) is 4.90 Å². The quantitative estimate of drug-likeness (QED) is 0.829. The van der Waals surface area contributed by atoms with Crippen LogP contribution in [-0.2, 0) is 6.54 Å². The second-order valence-electron chi connectivity index (χ2n) is 5.13. The summed E-state index contributed by atoms with van der Waals surface area (Å²) in [5.74, 6) is 0. The second-order valence-corrected chi connectivity index (χ2v) is 6.05. The van der Waals surface area contributed by atoms with Crippen LogP contribution in [0.25, 0.3) is 0 Å². The fraction of sp³-hybridized carbons (Fsp3) is 0.500. The average Bonchev–Trinajstić information content (AvgIpc) is 3.02. The molecule has 1 aliphatic rings. The Bertz CT molecular complexity index is 415. The minimum absolute atomic E-state index is 0.304. The van der Waals surface area contributed by atoms with Gasteiger partial charge in [-0.1, -0.05) is 28.1 Å². The van der Waals surface area contributed by atoms with Gasteiger partial charge in [0.25, 0.3) is 0 Å². The van der Waals surface area contributed by atoms with Crippen molar-refractivity contribution in [3.05, 3.63) is 34.3 Å². The fourth-order valence-electron chi connectivity index (χ4n) is 2.27. The van der Waals surface area contributed by atoms with Gasteiger partial charge in [-0.25, -0.2) is 0 Å². The van der Waals surface area contributed by atoms with Crippen LogP contribution in [0.2, 0.25) is 0 Å². The zero-order valence-electron chi connectivity index (χ0n) is 10.1. The van der Waals surface area contributed by atoms with E-state index in [0.717, 1.165) is 17.6 Å². The molecule has 0 heterocycles. The highest BCUT2D eigenvalue weighted by molar-refractivity contribution is 9.10. The summed E-state index contributed by atoms with van der Waals surface area (Å²) in [6.07, 6.45) is 3.13. The lowest BCUT2D eigenvalue weighted by Crippen LogP contribution is -2.26. The van der Waals surface area contributed by atoms with Gasteiger partial charge in [0.1, 0.15) is 0 Å². The SMILES string of the molecule is CN(Cc1ccc(Br)cc1)CC1(CC#N)CC1. The van der Waals surface area contributed by atoms with E-state index in [1.165, 1.54) is 18.4 Å². The van der Waals surface area contributed by atoms with E-state index in [2.05, 4.69) is 58.2 Å². The van der Waals surface area contributed by atoms with Crippen LogP contribution in [0.1, 0.15) is 24.8 Å². The van der Waals surface area contributed by atoms with Crippen LogP contribution < -0.4 is 0 Å². The Kier molecular flexibility index (Phi) is 3.86. The van der Waals surface area contributed by atoms with E-state index in [0.29, 0.717) is 11.8 Å². The molecular weight excluding hydrogens is 276 g/mol. The largest absolute Gasteiger partial charge is 0.302 e. The van der Waals surface area contributed by atoms with Crippen LogP contribution in [0.15, 0.2) is 28.7 Å². The molecule has 1 aliphatic carbocycles. The molecule has 2 rings (SSSR count). The summed E-state index contributed by atoms with van der Waals surface area (Å²) in [4.78, 5) is 2.33. The van der Waals surface area contributed by atoms with Crippen LogP contribution in [0, 0.1) is 16.7 Å². The first kappa shape index (κ1) is 12.6. The minimum Gasteiger partial charge on any atom is -0.302 e. The highest BCUT2D eigenvalue weighted by Gasteiger charge is 2.42. The minimum atomic E-state index is 0.304. The number of nitriles is 1. The first-order chi connectivity index (χ1) is 8.13. The molecule has 0 aromatic heterocycles. The van der Waals surface area contributed by atoms with Gasteiger partial charge in [0.15, 0.2) is 0 Å². The number of halogens is 1. The van der Waals surface area contributed by atoms with Crippen LogP contribution >= 0.6 is 15.9 Å². The molecule has 0 amide bonds. The van der Waals surface area contributed by atoms with Crippen LogP contribution in [-0.4, -0.2) is 18.5 Å². The molecule has 1 aromatic carbocycles. The molecule has 0 saturated heterocycles. The van der Waals surface area contributed by atoms with Crippen LogP contribution in [0.5, 0.6) is 0 Å². The molecule has 0 radical (unpaired) electrons. The first-order valence-corrected chi connectivity index (χ1v) is 6.73. The van der Waals surface area contributed by atoms with Gasteiger partial charge in [-0.2, -0.15) is 5.26 Å². The summed E-state index contributed by atoms with van der Waals surface area (Å²) in [7, 11) is 2.14. The van der Waals surface area contributed by atoms with Crippen LogP contribution in [0.4, 0.5) is 0 Å². The maximum absolute atomic E-state index is 8.80. The third kappa shape index (κ3) is 3.55. The van der Waals surface area contributed by atoms with Crippen molar-refractivity contribution in [2.45, 2.75) is 25.8 Å². The Balaban J connectivity index is 1.87. The van der Waals surface area contributed by atoms with E-state index in [-0.39, 0.29) is 0 Å². The maximum Gasteiger partial charge on any atom is 0.0628 e. The number of rotatable bonds is 5. The summed E-state index contributed by atoms with van der Waals surface area (Å²) in [6, 6.07) is 10.8. The summed E-state index contributed by atoms with van der Waals surface area (Å²) in [6.45, 7) is 2.00. The number of hydrogen-bond acceptors (Lipinski definition) is 2. The average molecular weight is 293 g/mol. The Morgan fingerprint density at radius 3 is 2.53 bits per heavy atom. The number of nitrogens with zero attached hydrogens (tertiary/aromatic N) is 2. The molecule has 0 unspecified atom stereocenters. The topological polar surface area (TPSA) is 27.0 Å². The predicted octanol–water partition coefficient (Wildman–Crippen LogP) is 3.57. The molecule has 0 bridgehead atoms. The molecule has 0 aliphatic heterocycles. The molecule has 0 spiro atoms. The molecule has 3 heteroatoms. The van der Waals surface area contributed by atoms with E-state index < -0.39 is 0 Å². The Labute approximate surface area is 111 Å². The zero-order chi connectivity index (χ0) is 12.3. The number of hydrogen-bond donors (Lipinski definition) is 0. The lowest BCUT2D eigenvalue weighted by atomic mass is 10.0. The van der Waals surface area contributed by atoms with Gasteiger partial charge >= 0.3 is 0 Å². The smallest absolute Gasteiger partial charge is 0.0628 e. The van der Waals surface area contributed by atoms with Crippen molar-refractivity contribution in [2.75, 3.05) is 13.6 Å². The van der Waals surface area contributed by atoms with E-state index >= 15 is 0 Å². The maximum atomic E-state index is 8.80. The molecule has 1 fully saturated rings. The molecule has 17 heavy (non-hydrogen) atoms. The lowest BCUT2D eigenvalue weighted by Gasteiger charge is -2.22. The van der Waals surface area contributed by atoms with E-state index in [1.54, 1.807) is 0 Å². The van der Waals surface area contributed by atoms with Gasteiger partial charge < -0.3 is 4.90 Å². The fourth-order valence-corrected chi connectivity index (χ4v) is 2.53. The Hall–Kier alpha value is -0.850. The summed E-state index contributed by atoms with van der Waals surface area (Å²) in [5, 5.41) is 8.80. The second kappa shape index (κ2) is 5.20. The molecule has 0 N–H and O–H groups in total. The zero-order valence-corrected chi connectivity index (χ0v) is 11.7.